The van der Waals surface area contributed by atoms with Gasteiger partial charge in [0.25, 0.3) is 0 Å². The van der Waals surface area contributed by atoms with E-state index in [1.165, 1.54) is 6.20 Å². The van der Waals surface area contributed by atoms with E-state index >= 15 is 0 Å². The molecule has 0 spiro atoms. The Balaban J connectivity index is 1.83. The number of carbonyl (C=O) groups excluding carboxylic acids is 1. The van der Waals surface area contributed by atoms with Crippen molar-refractivity contribution in [3.63, 3.8) is 0 Å². The molecule has 1 unspecified atom stereocenters. The van der Waals surface area contributed by atoms with Gasteiger partial charge in [-0.3, -0.25) is 9.78 Å². The molecule has 2 N–H and O–H groups in total. The molecule has 2 aromatic heterocycles. The van der Waals surface area contributed by atoms with Crippen molar-refractivity contribution >= 4 is 11.9 Å². The topological polar surface area (TPSA) is 115 Å². The zero-order valence-electron chi connectivity index (χ0n) is 13.8. The molecule has 1 saturated heterocycles. The van der Waals surface area contributed by atoms with Crippen molar-refractivity contribution < 1.29 is 24.0 Å². The second-order valence-electron chi connectivity index (χ2n) is 5.93. The van der Waals surface area contributed by atoms with Crippen molar-refractivity contribution in [3.05, 3.63) is 35.9 Å². The second-order valence-corrected chi connectivity index (χ2v) is 5.93. The average Bonchev–Trinajstić information content (AvgIpc) is 3.08. The van der Waals surface area contributed by atoms with Gasteiger partial charge in [0, 0.05) is 37.1 Å². The summed E-state index contributed by atoms with van der Waals surface area (Å²) in [5.41, 5.74) is 0.674. The van der Waals surface area contributed by atoms with Crippen LogP contribution in [0.4, 0.5) is 0 Å². The number of carboxylic acids is 1. The number of hydrogen-bond acceptors (Lipinski definition) is 6. The van der Waals surface area contributed by atoms with E-state index in [0.29, 0.717) is 31.6 Å². The summed E-state index contributed by atoms with van der Waals surface area (Å²) in [4.78, 5) is 28.0. The number of aromatic carboxylic acids is 1. The summed E-state index contributed by atoms with van der Waals surface area (Å²) in [6.07, 6.45) is 4.41. The van der Waals surface area contributed by atoms with Crippen LogP contribution in [0.25, 0.3) is 11.3 Å². The van der Waals surface area contributed by atoms with Gasteiger partial charge in [0.1, 0.15) is 11.3 Å². The number of rotatable bonds is 5. The van der Waals surface area contributed by atoms with Crippen molar-refractivity contribution in [3.8, 4) is 11.3 Å². The van der Waals surface area contributed by atoms with Gasteiger partial charge in [0.15, 0.2) is 5.76 Å². The monoisotopic (exact) mass is 345 g/mol. The number of nitrogens with zero attached hydrogens (tertiary/aromatic N) is 2. The van der Waals surface area contributed by atoms with Gasteiger partial charge >= 0.3 is 5.97 Å². The van der Waals surface area contributed by atoms with Crippen LogP contribution in [0.1, 0.15) is 41.9 Å². The number of pyridine rings is 1. The third-order valence-corrected chi connectivity index (χ3v) is 4.21. The van der Waals surface area contributed by atoms with Crippen molar-refractivity contribution in [2.75, 3.05) is 13.2 Å². The first-order valence-corrected chi connectivity index (χ1v) is 8.09. The van der Waals surface area contributed by atoms with Crippen molar-refractivity contribution in [2.24, 2.45) is 5.92 Å². The molecule has 0 saturated carbocycles. The van der Waals surface area contributed by atoms with Crippen LogP contribution in [0, 0.1) is 5.92 Å². The summed E-state index contributed by atoms with van der Waals surface area (Å²) in [7, 11) is 0. The third-order valence-electron chi connectivity index (χ3n) is 4.21. The van der Waals surface area contributed by atoms with E-state index in [-0.39, 0.29) is 28.8 Å². The molecule has 0 aromatic carbocycles. The standard InChI is InChI=1S/C17H19N3O5/c1-10(19-16(21)11-4-7-24-8-5-11)15-13(17(22)23)14(20-25-15)12-3-2-6-18-9-12/h2-3,6,9-11H,4-5,7-8H2,1H3,(H,19,21)(H,22,23). The number of aromatic nitrogens is 2. The van der Waals surface area contributed by atoms with E-state index < -0.39 is 12.0 Å². The fourth-order valence-electron chi connectivity index (χ4n) is 2.86. The SMILES string of the molecule is CC(NC(=O)C1CCOCC1)c1onc(-c2cccnc2)c1C(=O)O. The molecular weight excluding hydrogens is 326 g/mol. The van der Waals surface area contributed by atoms with E-state index in [4.69, 9.17) is 9.26 Å². The highest BCUT2D eigenvalue weighted by atomic mass is 16.5. The molecule has 0 radical (unpaired) electrons. The van der Waals surface area contributed by atoms with Gasteiger partial charge in [-0.05, 0) is 31.9 Å². The van der Waals surface area contributed by atoms with Crippen LogP contribution < -0.4 is 5.32 Å². The predicted molar refractivity (Wildman–Crippen MR) is 86.8 cm³/mol. The van der Waals surface area contributed by atoms with Gasteiger partial charge in [-0.15, -0.1) is 0 Å². The number of carboxylic acid groups (broad SMARTS) is 1. The molecule has 0 bridgehead atoms. The van der Waals surface area contributed by atoms with Gasteiger partial charge in [-0.2, -0.15) is 0 Å². The molecule has 1 fully saturated rings. The highest BCUT2D eigenvalue weighted by molar-refractivity contribution is 5.96. The Morgan fingerprint density at radius 1 is 1.36 bits per heavy atom. The number of hydrogen-bond donors (Lipinski definition) is 2. The summed E-state index contributed by atoms with van der Waals surface area (Å²) in [6, 6.07) is 2.78. The summed E-state index contributed by atoms with van der Waals surface area (Å²) >= 11 is 0. The molecule has 1 atom stereocenters. The van der Waals surface area contributed by atoms with Gasteiger partial charge in [0.05, 0.1) is 6.04 Å². The third kappa shape index (κ3) is 3.69. The number of ether oxygens (including phenoxy) is 1. The molecule has 0 aliphatic carbocycles. The molecule has 3 rings (SSSR count). The van der Waals surface area contributed by atoms with Crippen LogP contribution in [0.2, 0.25) is 0 Å². The maximum absolute atomic E-state index is 12.4. The largest absolute Gasteiger partial charge is 0.477 e. The Morgan fingerprint density at radius 2 is 2.12 bits per heavy atom. The van der Waals surface area contributed by atoms with E-state index in [1.807, 2.05) is 0 Å². The summed E-state index contributed by atoms with van der Waals surface area (Å²) < 4.78 is 10.5. The van der Waals surface area contributed by atoms with E-state index in [1.54, 1.807) is 25.3 Å². The van der Waals surface area contributed by atoms with E-state index in [0.717, 1.165) is 0 Å². The van der Waals surface area contributed by atoms with Crippen LogP contribution in [0.5, 0.6) is 0 Å². The van der Waals surface area contributed by atoms with Crippen molar-refractivity contribution in [2.45, 2.75) is 25.8 Å². The van der Waals surface area contributed by atoms with Crippen molar-refractivity contribution in [1.29, 1.82) is 0 Å². The molecule has 25 heavy (non-hydrogen) atoms. The Hall–Kier alpha value is -2.74. The van der Waals surface area contributed by atoms with E-state index in [2.05, 4.69) is 15.5 Å². The number of amides is 1. The Bertz CT molecular complexity index is 753. The molecule has 2 aromatic rings. The van der Waals surface area contributed by atoms with Crippen LogP contribution in [-0.2, 0) is 9.53 Å². The Morgan fingerprint density at radius 3 is 2.76 bits per heavy atom. The lowest BCUT2D eigenvalue weighted by Gasteiger charge is -2.22. The molecule has 8 nitrogen and oxygen atoms in total. The van der Waals surface area contributed by atoms with Gasteiger partial charge < -0.3 is 19.7 Å². The summed E-state index contributed by atoms with van der Waals surface area (Å²) in [5.74, 6) is -1.31. The quantitative estimate of drug-likeness (QED) is 0.852. The molecule has 3 heterocycles. The normalized spacial score (nSPS) is 16.4. The first kappa shape index (κ1) is 17.1. The molecule has 132 valence electrons. The zero-order chi connectivity index (χ0) is 17.8. The minimum absolute atomic E-state index is 0.0622. The average molecular weight is 345 g/mol. The minimum atomic E-state index is -1.16. The Labute approximate surface area is 144 Å². The molecule has 1 aliphatic rings. The van der Waals surface area contributed by atoms with Crippen LogP contribution >= 0.6 is 0 Å². The minimum Gasteiger partial charge on any atom is -0.477 e. The van der Waals surface area contributed by atoms with Crippen LogP contribution in [0.15, 0.2) is 29.0 Å². The highest BCUT2D eigenvalue weighted by Crippen LogP contribution is 2.29. The summed E-state index contributed by atoms with van der Waals surface area (Å²) in [5, 5.41) is 16.3. The Kier molecular flexibility index (Phi) is 5.08. The van der Waals surface area contributed by atoms with Crippen LogP contribution in [0.3, 0.4) is 0 Å². The van der Waals surface area contributed by atoms with Gasteiger partial charge in [0.2, 0.25) is 5.91 Å². The van der Waals surface area contributed by atoms with Gasteiger partial charge in [-0.25, -0.2) is 4.79 Å². The number of carbonyl (C=O) groups is 2. The first-order valence-electron chi connectivity index (χ1n) is 8.09. The fourth-order valence-corrected chi connectivity index (χ4v) is 2.86. The highest BCUT2D eigenvalue weighted by Gasteiger charge is 2.30. The lowest BCUT2D eigenvalue weighted by atomic mass is 9.98. The van der Waals surface area contributed by atoms with Crippen LogP contribution in [-0.4, -0.2) is 40.3 Å². The maximum Gasteiger partial charge on any atom is 0.341 e. The van der Waals surface area contributed by atoms with Gasteiger partial charge in [-0.1, -0.05) is 5.16 Å². The maximum atomic E-state index is 12.4. The molecular formula is C17H19N3O5. The number of nitrogens with one attached hydrogen (secondary N) is 1. The predicted octanol–water partition coefficient (Wildman–Crippen LogP) is 2.04. The first-order chi connectivity index (χ1) is 12.1. The van der Waals surface area contributed by atoms with Crippen molar-refractivity contribution in [1.82, 2.24) is 15.5 Å². The molecule has 1 amide bonds. The molecule has 1 aliphatic heterocycles. The second kappa shape index (κ2) is 7.43. The lowest BCUT2D eigenvalue weighted by molar-refractivity contribution is -0.128. The summed E-state index contributed by atoms with van der Waals surface area (Å²) in [6.45, 7) is 2.79. The zero-order valence-corrected chi connectivity index (χ0v) is 13.8. The smallest absolute Gasteiger partial charge is 0.341 e. The molecule has 8 heteroatoms. The van der Waals surface area contributed by atoms with E-state index in [9.17, 15) is 14.7 Å². The fraction of sp³-hybridized carbons (Fsp3) is 0.412. The lowest BCUT2D eigenvalue weighted by Crippen LogP contribution is -2.36.